The Labute approximate surface area is 210 Å². The number of fused-ring (bicyclic) bond motifs is 1. The van der Waals surface area contributed by atoms with Crippen LogP contribution in [0.2, 0.25) is 0 Å². The quantitative estimate of drug-likeness (QED) is 0.441. The Morgan fingerprint density at radius 3 is 2.47 bits per heavy atom. The lowest BCUT2D eigenvalue weighted by Crippen LogP contribution is -2.52. The van der Waals surface area contributed by atoms with Crippen molar-refractivity contribution in [3.63, 3.8) is 0 Å². The highest BCUT2D eigenvalue weighted by Crippen LogP contribution is 2.29. The molecule has 0 saturated heterocycles. The van der Waals surface area contributed by atoms with Gasteiger partial charge in [-0.05, 0) is 58.2 Å². The normalized spacial score (nSPS) is 13.4. The summed E-state index contributed by atoms with van der Waals surface area (Å²) in [4.78, 5) is 28.2. The van der Waals surface area contributed by atoms with Crippen molar-refractivity contribution in [3.8, 4) is 17.0 Å². The van der Waals surface area contributed by atoms with Crippen LogP contribution >= 0.6 is 0 Å². The molecule has 0 bridgehead atoms. The maximum absolute atomic E-state index is 15.1. The Morgan fingerprint density at radius 1 is 1.14 bits per heavy atom. The van der Waals surface area contributed by atoms with E-state index in [1.54, 1.807) is 49.7 Å². The number of carbonyl (C=O) groups excluding carboxylic acids is 2. The number of carbonyl (C=O) groups is 2. The Balaban J connectivity index is 1.83. The van der Waals surface area contributed by atoms with Crippen LogP contribution < -0.4 is 15.4 Å². The van der Waals surface area contributed by atoms with Crippen LogP contribution in [0.1, 0.15) is 54.9 Å². The van der Waals surface area contributed by atoms with Crippen molar-refractivity contribution < 1.29 is 23.5 Å². The van der Waals surface area contributed by atoms with Gasteiger partial charge in [-0.2, -0.15) is 5.10 Å². The molecule has 1 aromatic carbocycles. The van der Waals surface area contributed by atoms with Crippen LogP contribution in [0.3, 0.4) is 0 Å². The number of hydrogen-bond acceptors (Lipinski definition) is 6. The first-order chi connectivity index (χ1) is 16.7. The highest BCUT2D eigenvalue weighted by atomic mass is 19.1. The van der Waals surface area contributed by atoms with Crippen molar-refractivity contribution in [3.05, 3.63) is 42.3 Å². The second-order valence-electron chi connectivity index (χ2n) is 10.5. The lowest BCUT2D eigenvalue weighted by atomic mass is 9.91. The van der Waals surface area contributed by atoms with Gasteiger partial charge in [0, 0.05) is 24.6 Å². The minimum Gasteiger partial charge on any atom is -0.488 e. The fourth-order valence-electron chi connectivity index (χ4n) is 3.97. The number of nitrogens with zero attached hydrogens (tertiary/aromatic N) is 3. The number of amides is 2. The number of aromatic nitrogens is 3. The van der Waals surface area contributed by atoms with Crippen LogP contribution in [0, 0.1) is 11.7 Å². The summed E-state index contributed by atoms with van der Waals surface area (Å²) in [5, 5.41) is 9.79. The van der Waals surface area contributed by atoms with E-state index < -0.39 is 23.1 Å². The van der Waals surface area contributed by atoms with Crippen molar-refractivity contribution in [2.24, 2.45) is 5.92 Å². The Hall–Kier alpha value is -3.69. The average Bonchev–Trinajstić information content (AvgIpc) is 3.18. The van der Waals surface area contributed by atoms with Crippen LogP contribution in [-0.4, -0.2) is 44.3 Å². The summed E-state index contributed by atoms with van der Waals surface area (Å²) in [6, 6.07) is 7.89. The number of halogens is 1. The molecule has 0 radical (unpaired) electrons. The topological polar surface area (TPSA) is 107 Å². The molecule has 2 heterocycles. The van der Waals surface area contributed by atoms with E-state index in [2.05, 4.69) is 20.7 Å². The van der Waals surface area contributed by atoms with E-state index in [4.69, 9.17) is 9.47 Å². The van der Waals surface area contributed by atoms with E-state index >= 15 is 4.39 Å². The first-order valence-corrected chi connectivity index (χ1v) is 11.8. The van der Waals surface area contributed by atoms with Gasteiger partial charge in [-0.1, -0.05) is 13.8 Å². The van der Waals surface area contributed by atoms with Gasteiger partial charge in [-0.3, -0.25) is 4.79 Å². The van der Waals surface area contributed by atoms with E-state index in [1.165, 1.54) is 19.1 Å². The Morgan fingerprint density at radius 2 is 1.86 bits per heavy atom. The van der Waals surface area contributed by atoms with Gasteiger partial charge in [0.1, 0.15) is 18.0 Å². The highest BCUT2D eigenvalue weighted by molar-refractivity contribution is 5.88. The fraction of sp³-hybridized carbons (Fsp3) is 0.462. The van der Waals surface area contributed by atoms with Crippen molar-refractivity contribution >= 4 is 23.5 Å². The number of rotatable bonds is 8. The predicted octanol–water partition coefficient (Wildman–Crippen LogP) is 5.20. The molecule has 0 spiro atoms. The molecule has 0 fully saturated rings. The van der Waals surface area contributed by atoms with Gasteiger partial charge in [0.25, 0.3) is 0 Å². The molecule has 3 rings (SSSR count). The van der Waals surface area contributed by atoms with Gasteiger partial charge in [-0.25, -0.2) is 18.7 Å². The van der Waals surface area contributed by atoms with Crippen molar-refractivity contribution in [2.75, 3.05) is 11.9 Å². The van der Waals surface area contributed by atoms with Gasteiger partial charge in [0.15, 0.2) is 17.2 Å². The zero-order chi connectivity index (χ0) is 26.7. The van der Waals surface area contributed by atoms with E-state index in [0.717, 1.165) is 0 Å². The third kappa shape index (κ3) is 7.16. The van der Waals surface area contributed by atoms with Crippen molar-refractivity contribution in [1.82, 2.24) is 19.9 Å². The second kappa shape index (κ2) is 10.5. The number of anilines is 1. The monoisotopic (exact) mass is 499 g/mol. The molecule has 3 aromatic rings. The molecular formula is C26H34FN5O4. The number of ether oxygens (including phenoxy) is 2. The largest absolute Gasteiger partial charge is 0.488 e. The molecule has 0 aliphatic rings. The second-order valence-corrected chi connectivity index (χ2v) is 10.5. The van der Waals surface area contributed by atoms with Gasteiger partial charge in [0.05, 0.1) is 17.4 Å². The third-order valence-electron chi connectivity index (χ3n) is 5.10. The molecule has 2 N–H and O–H groups in total. The zero-order valence-electron chi connectivity index (χ0n) is 21.8. The summed E-state index contributed by atoms with van der Waals surface area (Å²) in [5.41, 5.74) is 0.170. The first-order valence-electron chi connectivity index (χ1n) is 11.8. The minimum atomic E-state index is -0.777. The van der Waals surface area contributed by atoms with E-state index in [1.807, 2.05) is 20.8 Å². The van der Waals surface area contributed by atoms with E-state index in [0.29, 0.717) is 29.1 Å². The Kier molecular flexibility index (Phi) is 7.86. The van der Waals surface area contributed by atoms with Gasteiger partial charge < -0.3 is 20.1 Å². The standard InChI is InChI=1S/C26H34FN5O4/c1-16(2)14-26(7,31-24(34)36-25(4,5)6)15-35-21-9-8-18(12-19(21)27)20-13-22(29-17(3)33)30-23-10-11-28-32(20)23/h8-13,16H,14-15H2,1-7H3,(H,31,34)(H,29,30,33)/t26-/m0/s1. The fourth-order valence-corrected chi connectivity index (χ4v) is 3.97. The summed E-state index contributed by atoms with van der Waals surface area (Å²) in [5.74, 6) is -0.204. The van der Waals surface area contributed by atoms with E-state index in [9.17, 15) is 9.59 Å². The molecule has 0 aliphatic heterocycles. The molecule has 36 heavy (non-hydrogen) atoms. The summed E-state index contributed by atoms with van der Waals surface area (Å²) in [7, 11) is 0. The average molecular weight is 500 g/mol. The van der Waals surface area contributed by atoms with Crippen molar-refractivity contribution in [1.29, 1.82) is 0 Å². The molecule has 0 saturated carbocycles. The van der Waals surface area contributed by atoms with Crippen LogP contribution in [0.25, 0.3) is 16.9 Å². The van der Waals surface area contributed by atoms with Gasteiger partial charge in [0.2, 0.25) is 5.91 Å². The lowest BCUT2D eigenvalue weighted by molar-refractivity contribution is -0.114. The molecule has 194 valence electrons. The van der Waals surface area contributed by atoms with Crippen LogP contribution in [0.5, 0.6) is 5.75 Å². The summed E-state index contributed by atoms with van der Waals surface area (Å²) in [6.45, 7) is 12.7. The van der Waals surface area contributed by atoms with Crippen LogP contribution in [-0.2, 0) is 9.53 Å². The molecule has 2 aromatic heterocycles. The summed E-state index contributed by atoms with van der Waals surface area (Å²) >= 11 is 0. The molecule has 9 nitrogen and oxygen atoms in total. The van der Waals surface area contributed by atoms with Gasteiger partial charge in [-0.15, -0.1) is 0 Å². The minimum absolute atomic E-state index is 0.0476. The molecule has 0 aliphatic carbocycles. The number of alkyl carbamates (subject to hydrolysis) is 1. The third-order valence-corrected chi connectivity index (χ3v) is 5.10. The molecule has 10 heteroatoms. The van der Waals surface area contributed by atoms with Crippen LogP contribution in [0.4, 0.5) is 15.0 Å². The summed E-state index contributed by atoms with van der Waals surface area (Å²) in [6.07, 6.45) is 1.62. The maximum Gasteiger partial charge on any atom is 0.408 e. The number of benzene rings is 1. The summed E-state index contributed by atoms with van der Waals surface area (Å²) < 4.78 is 27.9. The number of nitrogens with one attached hydrogen (secondary N) is 2. The molecule has 2 amide bonds. The number of hydrogen-bond donors (Lipinski definition) is 2. The smallest absolute Gasteiger partial charge is 0.408 e. The zero-order valence-corrected chi connectivity index (χ0v) is 21.8. The predicted molar refractivity (Wildman–Crippen MR) is 135 cm³/mol. The maximum atomic E-state index is 15.1. The van der Waals surface area contributed by atoms with Crippen molar-refractivity contribution in [2.45, 2.75) is 66.0 Å². The molecule has 1 atom stereocenters. The molecular weight excluding hydrogens is 465 g/mol. The SMILES string of the molecule is CC(=O)Nc1cc(-c2ccc(OC[C@](C)(CC(C)C)NC(=O)OC(C)(C)C)c(F)c2)n2nccc2n1. The first kappa shape index (κ1) is 26.9. The highest BCUT2D eigenvalue weighted by Gasteiger charge is 2.31. The molecule has 0 unspecified atom stereocenters. The van der Waals surface area contributed by atoms with Gasteiger partial charge >= 0.3 is 6.09 Å². The lowest BCUT2D eigenvalue weighted by Gasteiger charge is -2.33. The van der Waals surface area contributed by atoms with Crippen LogP contribution in [0.15, 0.2) is 36.5 Å². The van der Waals surface area contributed by atoms with E-state index in [-0.39, 0.29) is 24.2 Å². The Bertz CT molecular complexity index is 1250.